The zero-order valence-corrected chi connectivity index (χ0v) is 16.6. The van der Waals surface area contributed by atoms with E-state index >= 15 is 0 Å². The van der Waals surface area contributed by atoms with Crippen LogP contribution >= 0.6 is 0 Å². The van der Waals surface area contributed by atoms with Gasteiger partial charge < -0.3 is 0 Å². The van der Waals surface area contributed by atoms with Crippen LogP contribution in [0.5, 0.6) is 0 Å². The summed E-state index contributed by atoms with van der Waals surface area (Å²) in [4.78, 5) is 0. The summed E-state index contributed by atoms with van der Waals surface area (Å²) in [5, 5.41) is 0. The number of unbranched alkanes of at least 4 members (excludes halogenated alkanes) is 9. The molecule has 0 aromatic rings. The van der Waals surface area contributed by atoms with E-state index in [0.717, 1.165) is 12.8 Å². The number of hydrogen-bond donors (Lipinski definition) is 1. The lowest BCUT2D eigenvalue weighted by atomic mass is 9.86. The standard InChI is InChI=1S/C20H36O3S/c1-4-5-6-7-8-9-10-11-12-13-14-19-15-16-20(3,18(2)17-19)24(21,22)23/h15-18H,4-14H2,1-3H3,(H,21,22,23). The Morgan fingerprint density at radius 2 is 1.50 bits per heavy atom. The first kappa shape index (κ1) is 21.4. The van der Waals surface area contributed by atoms with E-state index in [2.05, 4.69) is 6.92 Å². The second-order valence-electron chi connectivity index (χ2n) is 7.45. The third-order valence-electron chi connectivity index (χ3n) is 5.37. The van der Waals surface area contributed by atoms with Gasteiger partial charge in [-0.15, -0.1) is 0 Å². The SMILES string of the molecule is CCCCCCCCCCCCC1=CC(C)C(C)(S(=O)(=O)O)C=C1. The van der Waals surface area contributed by atoms with Crippen LogP contribution in [0, 0.1) is 5.92 Å². The summed E-state index contributed by atoms with van der Waals surface area (Å²) in [5.41, 5.74) is 1.20. The molecule has 0 amide bonds. The average molecular weight is 357 g/mol. The highest BCUT2D eigenvalue weighted by atomic mass is 32.2. The second-order valence-corrected chi connectivity index (χ2v) is 9.28. The second kappa shape index (κ2) is 10.4. The van der Waals surface area contributed by atoms with Gasteiger partial charge in [0.1, 0.15) is 4.75 Å². The van der Waals surface area contributed by atoms with Crippen LogP contribution in [0.25, 0.3) is 0 Å². The van der Waals surface area contributed by atoms with E-state index < -0.39 is 14.9 Å². The molecule has 0 saturated heterocycles. The molecule has 0 radical (unpaired) electrons. The van der Waals surface area contributed by atoms with Crippen LogP contribution in [0.15, 0.2) is 23.8 Å². The van der Waals surface area contributed by atoms with E-state index in [-0.39, 0.29) is 5.92 Å². The van der Waals surface area contributed by atoms with Crippen LogP contribution in [0.1, 0.15) is 91.4 Å². The molecule has 0 fully saturated rings. The summed E-state index contributed by atoms with van der Waals surface area (Å²) in [5.74, 6) is -0.198. The molecule has 1 rings (SSSR count). The average Bonchev–Trinajstić information content (AvgIpc) is 2.51. The Morgan fingerprint density at radius 1 is 1.00 bits per heavy atom. The van der Waals surface area contributed by atoms with Crippen LogP contribution in [-0.4, -0.2) is 17.7 Å². The Hall–Kier alpha value is -0.610. The molecule has 1 aliphatic carbocycles. The van der Waals surface area contributed by atoms with Gasteiger partial charge in [-0.25, -0.2) is 0 Å². The van der Waals surface area contributed by atoms with E-state index in [1.165, 1.54) is 63.4 Å². The quantitative estimate of drug-likeness (QED) is 0.341. The van der Waals surface area contributed by atoms with Crippen LogP contribution in [-0.2, 0) is 10.1 Å². The lowest BCUT2D eigenvalue weighted by Gasteiger charge is -2.31. The molecule has 2 atom stereocenters. The summed E-state index contributed by atoms with van der Waals surface area (Å²) < 4.78 is 31.3. The third kappa shape index (κ3) is 6.72. The largest absolute Gasteiger partial charge is 0.285 e. The minimum atomic E-state index is -4.07. The molecule has 0 aromatic carbocycles. The van der Waals surface area contributed by atoms with E-state index in [1.807, 2.05) is 19.1 Å². The highest BCUT2D eigenvalue weighted by molar-refractivity contribution is 7.87. The van der Waals surface area contributed by atoms with Crippen LogP contribution in [0.2, 0.25) is 0 Å². The van der Waals surface area contributed by atoms with Crippen LogP contribution in [0.4, 0.5) is 0 Å². The summed E-state index contributed by atoms with van der Waals surface area (Å²) in [6, 6.07) is 0. The molecule has 0 bridgehead atoms. The first-order valence-electron chi connectivity index (χ1n) is 9.68. The van der Waals surface area contributed by atoms with Gasteiger partial charge in [0.2, 0.25) is 0 Å². The van der Waals surface area contributed by atoms with Gasteiger partial charge in [0.05, 0.1) is 0 Å². The zero-order valence-electron chi connectivity index (χ0n) is 15.8. The monoisotopic (exact) mass is 356 g/mol. The predicted molar refractivity (Wildman–Crippen MR) is 103 cm³/mol. The molecule has 0 heterocycles. The molecule has 4 heteroatoms. The van der Waals surface area contributed by atoms with Crippen molar-refractivity contribution in [3.05, 3.63) is 23.8 Å². The van der Waals surface area contributed by atoms with Gasteiger partial charge in [0.15, 0.2) is 0 Å². The molecule has 3 nitrogen and oxygen atoms in total. The summed E-state index contributed by atoms with van der Waals surface area (Å²) in [7, 11) is -4.07. The predicted octanol–water partition coefficient (Wildman–Crippen LogP) is 6.08. The van der Waals surface area contributed by atoms with Crippen molar-refractivity contribution in [3.8, 4) is 0 Å². The van der Waals surface area contributed by atoms with Crippen molar-refractivity contribution in [2.24, 2.45) is 5.92 Å². The number of allylic oxidation sites excluding steroid dienone is 3. The first-order chi connectivity index (χ1) is 11.3. The van der Waals surface area contributed by atoms with Crippen LogP contribution in [0.3, 0.4) is 0 Å². The van der Waals surface area contributed by atoms with Crippen molar-refractivity contribution in [2.45, 2.75) is 96.1 Å². The zero-order chi connectivity index (χ0) is 18.1. The van der Waals surface area contributed by atoms with Gasteiger partial charge in [-0.05, 0) is 25.7 Å². The van der Waals surface area contributed by atoms with E-state index in [9.17, 15) is 13.0 Å². The van der Waals surface area contributed by atoms with E-state index in [0.29, 0.717) is 0 Å². The van der Waals surface area contributed by atoms with Gasteiger partial charge in [0.25, 0.3) is 10.1 Å². The fourth-order valence-electron chi connectivity index (χ4n) is 3.27. The minimum absolute atomic E-state index is 0.198. The maximum absolute atomic E-state index is 11.5. The molecule has 1 aliphatic rings. The van der Waals surface area contributed by atoms with Crippen molar-refractivity contribution in [1.82, 2.24) is 0 Å². The van der Waals surface area contributed by atoms with E-state index in [4.69, 9.17) is 0 Å². The molecule has 1 N–H and O–H groups in total. The molecule has 140 valence electrons. The van der Waals surface area contributed by atoms with Crippen molar-refractivity contribution in [2.75, 3.05) is 0 Å². The summed E-state index contributed by atoms with van der Waals surface area (Å²) >= 11 is 0. The van der Waals surface area contributed by atoms with Crippen molar-refractivity contribution >= 4 is 10.1 Å². The minimum Gasteiger partial charge on any atom is -0.285 e. The van der Waals surface area contributed by atoms with Crippen LogP contribution < -0.4 is 0 Å². The highest BCUT2D eigenvalue weighted by Gasteiger charge is 2.41. The number of rotatable bonds is 12. The number of hydrogen-bond acceptors (Lipinski definition) is 2. The van der Waals surface area contributed by atoms with Crippen molar-refractivity contribution in [1.29, 1.82) is 0 Å². The maximum atomic E-state index is 11.5. The Morgan fingerprint density at radius 3 is 1.96 bits per heavy atom. The molecule has 2 unspecified atom stereocenters. The topological polar surface area (TPSA) is 54.4 Å². The molecular formula is C20H36O3S. The maximum Gasteiger partial charge on any atom is 0.274 e. The lowest BCUT2D eigenvalue weighted by molar-refractivity contribution is 0.425. The smallest absolute Gasteiger partial charge is 0.274 e. The van der Waals surface area contributed by atoms with Gasteiger partial charge in [-0.2, -0.15) is 8.42 Å². The Labute approximate surface area is 149 Å². The van der Waals surface area contributed by atoms with E-state index in [1.54, 1.807) is 13.0 Å². The highest BCUT2D eigenvalue weighted by Crippen LogP contribution is 2.34. The van der Waals surface area contributed by atoms with Gasteiger partial charge in [0, 0.05) is 0 Å². The summed E-state index contributed by atoms with van der Waals surface area (Å²) in [6.07, 6.45) is 19.7. The van der Waals surface area contributed by atoms with Crippen molar-refractivity contribution < 1.29 is 13.0 Å². The fourth-order valence-corrected chi connectivity index (χ4v) is 4.05. The molecular weight excluding hydrogens is 320 g/mol. The Kier molecular flexibility index (Phi) is 9.28. The summed E-state index contributed by atoms with van der Waals surface area (Å²) in [6.45, 7) is 5.69. The normalized spacial score (nSPS) is 24.2. The van der Waals surface area contributed by atoms with Gasteiger partial charge >= 0.3 is 0 Å². The molecule has 0 saturated carbocycles. The lowest BCUT2D eigenvalue weighted by Crippen LogP contribution is -2.40. The Bertz CT molecular complexity index is 519. The first-order valence-corrected chi connectivity index (χ1v) is 11.1. The van der Waals surface area contributed by atoms with Crippen molar-refractivity contribution in [3.63, 3.8) is 0 Å². The molecule has 0 aromatic heterocycles. The Balaban J connectivity index is 2.17. The third-order valence-corrected chi connectivity index (χ3v) is 6.99. The molecule has 24 heavy (non-hydrogen) atoms. The van der Waals surface area contributed by atoms with Gasteiger partial charge in [-0.1, -0.05) is 95.4 Å². The van der Waals surface area contributed by atoms with Gasteiger partial charge in [-0.3, -0.25) is 4.55 Å². The molecule has 0 aliphatic heterocycles. The molecule has 0 spiro atoms. The fraction of sp³-hybridized carbons (Fsp3) is 0.800.